The molecule has 1 aromatic heterocycles. The van der Waals surface area contributed by atoms with E-state index < -0.39 is 6.04 Å². The number of hydrogen-bond donors (Lipinski definition) is 2. The smallest absolute Gasteiger partial charge is 0.244 e. The molecule has 1 aliphatic rings. The third kappa shape index (κ3) is 6.57. The minimum absolute atomic E-state index is 0. The number of hydrogen-bond acceptors (Lipinski definition) is 4. The molecule has 1 saturated heterocycles. The molecule has 0 saturated carbocycles. The standard InChI is InChI=1S/C20H23ClN4O2.2ClH/c1-13-2-4-14(5-3-13)18(22)20(27)25-10-8-15(9-11-25)19(26)24-17-7-6-16(21)12-23-17;;/h2-7,12,15,18H,8-11,22H2,1H3,(H,23,24,26);2*1H. The van der Waals surface area contributed by atoms with Crippen molar-refractivity contribution in [1.29, 1.82) is 0 Å². The molecule has 1 aliphatic heterocycles. The first-order valence-corrected chi connectivity index (χ1v) is 9.35. The predicted octanol–water partition coefficient (Wildman–Crippen LogP) is 3.76. The van der Waals surface area contributed by atoms with Crippen molar-refractivity contribution in [3.63, 3.8) is 0 Å². The average molecular weight is 460 g/mol. The van der Waals surface area contributed by atoms with Gasteiger partial charge in [0.15, 0.2) is 0 Å². The van der Waals surface area contributed by atoms with Crippen LogP contribution in [0.4, 0.5) is 5.82 Å². The number of nitrogens with two attached hydrogens (primary N) is 1. The Labute approximate surface area is 188 Å². The molecule has 1 atom stereocenters. The Bertz CT molecular complexity index is 807. The van der Waals surface area contributed by atoms with Gasteiger partial charge in [0.25, 0.3) is 0 Å². The van der Waals surface area contributed by atoms with Gasteiger partial charge in [0.2, 0.25) is 11.8 Å². The summed E-state index contributed by atoms with van der Waals surface area (Å²) >= 11 is 5.80. The summed E-state index contributed by atoms with van der Waals surface area (Å²) in [7, 11) is 0. The third-order valence-corrected chi connectivity index (χ3v) is 5.08. The lowest BCUT2D eigenvalue weighted by Crippen LogP contribution is -2.45. The number of nitrogens with zero attached hydrogens (tertiary/aromatic N) is 2. The first-order chi connectivity index (χ1) is 12.9. The highest BCUT2D eigenvalue weighted by atomic mass is 35.5. The molecule has 3 N–H and O–H groups in total. The Kier molecular flexibility index (Phi) is 9.86. The van der Waals surface area contributed by atoms with E-state index >= 15 is 0 Å². The maximum absolute atomic E-state index is 12.7. The molecule has 2 amide bonds. The molecule has 3 rings (SSSR count). The van der Waals surface area contributed by atoms with E-state index in [0.717, 1.165) is 11.1 Å². The summed E-state index contributed by atoms with van der Waals surface area (Å²) in [4.78, 5) is 30.9. The molecule has 2 aromatic rings. The summed E-state index contributed by atoms with van der Waals surface area (Å²) in [5, 5.41) is 3.32. The summed E-state index contributed by atoms with van der Waals surface area (Å²) in [6.45, 7) is 3.03. The van der Waals surface area contributed by atoms with E-state index in [1.807, 2.05) is 31.2 Å². The van der Waals surface area contributed by atoms with Crippen molar-refractivity contribution in [2.75, 3.05) is 18.4 Å². The van der Waals surface area contributed by atoms with Crippen molar-refractivity contribution in [3.05, 3.63) is 58.7 Å². The van der Waals surface area contributed by atoms with Crippen LogP contribution >= 0.6 is 36.4 Å². The Hall–Kier alpha value is -1.86. The Balaban J connectivity index is 0.00000210. The fourth-order valence-electron chi connectivity index (χ4n) is 3.15. The second-order valence-electron chi connectivity index (χ2n) is 6.84. The molecule has 1 aromatic carbocycles. The zero-order valence-corrected chi connectivity index (χ0v) is 18.4. The molecular weight excluding hydrogens is 435 g/mol. The van der Waals surface area contributed by atoms with Gasteiger partial charge in [0.1, 0.15) is 11.9 Å². The number of benzene rings is 1. The minimum Gasteiger partial charge on any atom is -0.341 e. The number of aryl methyl sites for hydroxylation is 1. The number of amides is 2. The fourth-order valence-corrected chi connectivity index (χ4v) is 3.26. The summed E-state index contributed by atoms with van der Waals surface area (Å²) in [6, 6.07) is 10.3. The number of carbonyl (C=O) groups is 2. The average Bonchev–Trinajstić information content (AvgIpc) is 2.69. The molecule has 0 aliphatic carbocycles. The predicted molar refractivity (Wildman–Crippen MR) is 120 cm³/mol. The number of anilines is 1. The van der Waals surface area contributed by atoms with Crippen LogP contribution in [0.5, 0.6) is 0 Å². The van der Waals surface area contributed by atoms with Gasteiger partial charge in [-0.3, -0.25) is 9.59 Å². The van der Waals surface area contributed by atoms with Crippen molar-refractivity contribution >= 4 is 54.0 Å². The molecule has 1 fully saturated rings. The number of likely N-dealkylation sites (tertiary alicyclic amines) is 1. The molecule has 0 spiro atoms. The maximum Gasteiger partial charge on any atom is 0.244 e. The van der Waals surface area contributed by atoms with Gasteiger partial charge < -0.3 is 16.0 Å². The van der Waals surface area contributed by atoms with Crippen molar-refractivity contribution in [2.45, 2.75) is 25.8 Å². The van der Waals surface area contributed by atoms with Crippen molar-refractivity contribution in [2.24, 2.45) is 11.7 Å². The number of piperidine rings is 1. The highest BCUT2D eigenvalue weighted by Crippen LogP contribution is 2.22. The quantitative estimate of drug-likeness (QED) is 0.728. The summed E-state index contributed by atoms with van der Waals surface area (Å²) in [6.07, 6.45) is 2.70. The number of rotatable bonds is 4. The normalized spacial score (nSPS) is 14.9. The van der Waals surface area contributed by atoms with Gasteiger partial charge in [0.05, 0.1) is 5.02 Å². The minimum atomic E-state index is -0.672. The SMILES string of the molecule is Cc1ccc(C(N)C(=O)N2CCC(C(=O)Nc3ccc(Cl)cn3)CC2)cc1.Cl.Cl. The Morgan fingerprint density at radius 2 is 1.76 bits per heavy atom. The number of pyridine rings is 1. The van der Waals surface area contributed by atoms with Crippen molar-refractivity contribution in [3.8, 4) is 0 Å². The first-order valence-electron chi connectivity index (χ1n) is 8.97. The molecule has 0 radical (unpaired) electrons. The van der Waals surface area contributed by atoms with E-state index in [9.17, 15) is 9.59 Å². The monoisotopic (exact) mass is 458 g/mol. The van der Waals surface area contributed by atoms with Crippen LogP contribution in [0.25, 0.3) is 0 Å². The third-order valence-electron chi connectivity index (χ3n) is 4.86. The van der Waals surface area contributed by atoms with Crippen LogP contribution < -0.4 is 11.1 Å². The van der Waals surface area contributed by atoms with Gasteiger partial charge >= 0.3 is 0 Å². The topological polar surface area (TPSA) is 88.3 Å². The zero-order valence-electron chi connectivity index (χ0n) is 16.0. The summed E-state index contributed by atoms with van der Waals surface area (Å²) < 4.78 is 0. The van der Waals surface area contributed by atoms with E-state index in [-0.39, 0.29) is 42.5 Å². The number of carbonyl (C=O) groups excluding carboxylic acids is 2. The van der Waals surface area contributed by atoms with Crippen LogP contribution in [0.1, 0.15) is 30.0 Å². The number of nitrogens with one attached hydrogen (secondary N) is 1. The Morgan fingerprint density at radius 1 is 1.14 bits per heavy atom. The lowest BCUT2D eigenvalue weighted by atomic mass is 9.95. The molecule has 29 heavy (non-hydrogen) atoms. The van der Waals surface area contributed by atoms with Crippen LogP contribution in [0.3, 0.4) is 0 Å². The molecular formula is C20H25Cl3N4O2. The Morgan fingerprint density at radius 3 is 2.31 bits per heavy atom. The number of halogens is 3. The molecule has 9 heteroatoms. The van der Waals surface area contributed by atoms with Crippen LogP contribution in [-0.2, 0) is 9.59 Å². The molecule has 6 nitrogen and oxygen atoms in total. The van der Waals surface area contributed by atoms with E-state index in [2.05, 4.69) is 10.3 Å². The highest BCUT2D eigenvalue weighted by molar-refractivity contribution is 6.30. The van der Waals surface area contributed by atoms with Crippen LogP contribution in [0.2, 0.25) is 5.02 Å². The second-order valence-corrected chi connectivity index (χ2v) is 7.28. The zero-order chi connectivity index (χ0) is 19.4. The van der Waals surface area contributed by atoms with Crippen LogP contribution in [0, 0.1) is 12.8 Å². The highest BCUT2D eigenvalue weighted by Gasteiger charge is 2.30. The van der Waals surface area contributed by atoms with Gasteiger partial charge in [-0.05, 0) is 37.5 Å². The van der Waals surface area contributed by atoms with Gasteiger partial charge in [-0.1, -0.05) is 41.4 Å². The number of aromatic nitrogens is 1. The molecule has 0 bridgehead atoms. The maximum atomic E-state index is 12.7. The van der Waals surface area contributed by atoms with Crippen LogP contribution in [0.15, 0.2) is 42.6 Å². The fraction of sp³-hybridized carbons (Fsp3) is 0.350. The summed E-state index contributed by atoms with van der Waals surface area (Å²) in [5.41, 5.74) is 8.07. The lowest BCUT2D eigenvalue weighted by Gasteiger charge is -2.33. The van der Waals surface area contributed by atoms with Crippen LogP contribution in [-0.4, -0.2) is 34.8 Å². The second kappa shape index (κ2) is 11.4. The van der Waals surface area contributed by atoms with Crippen molar-refractivity contribution < 1.29 is 9.59 Å². The largest absolute Gasteiger partial charge is 0.341 e. The molecule has 158 valence electrons. The van der Waals surface area contributed by atoms with Crippen molar-refractivity contribution in [1.82, 2.24) is 9.88 Å². The molecule has 1 unspecified atom stereocenters. The van der Waals surface area contributed by atoms with Gasteiger partial charge in [-0.15, -0.1) is 24.8 Å². The van der Waals surface area contributed by atoms with E-state index in [4.69, 9.17) is 17.3 Å². The lowest BCUT2D eigenvalue weighted by molar-refractivity contribution is -0.135. The van der Waals surface area contributed by atoms with Gasteiger partial charge in [-0.25, -0.2) is 4.98 Å². The van der Waals surface area contributed by atoms with Gasteiger partial charge in [-0.2, -0.15) is 0 Å². The van der Waals surface area contributed by atoms with E-state index in [1.165, 1.54) is 6.20 Å². The first kappa shape index (κ1) is 25.2. The van der Waals surface area contributed by atoms with E-state index in [1.54, 1.807) is 17.0 Å². The summed E-state index contributed by atoms with van der Waals surface area (Å²) in [5.74, 6) is 0.142. The van der Waals surface area contributed by atoms with Gasteiger partial charge in [0, 0.05) is 25.2 Å². The van der Waals surface area contributed by atoms with E-state index in [0.29, 0.717) is 36.8 Å². The molecule has 2 heterocycles.